The number of benzene rings is 8. The first-order chi connectivity index (χ1) is 39.3. The highest BCUT2D eigenvalue weighted by Crippen LogP contribution is 2.39. The number of nitrogens with one attached hydrogen (secondary N) is 2. The Kier molecular flexibility index (Phi) is 18.0. The highest BCUT2D eigenvalue weighted by molar-refractivity contribution is 5.89. The summed E-state index contributed by atoms with van der Waals surface area (Å²) in [6, 6.07) is 80.4. The van der Waals surface area contributed by atoms with Gasteiger partial charge in [-0.2, -0.15) is 0 Å². The summed E-state index contributed by atoms with van der Waals surface area (Å²) in [6.07, 6.45) is 4.08. The molecule has 0 saturated carbocycles. The van der Waals surface area contributed by atoms with Crippen LogP contribution in [0, 0.1) is 0 Å². The molecule has 11 heteroatoms. The summed E-state index contributed by atoms with van der Waals surface area (Å²) >= 11 is 0. The topological polar surface area (TPSA) is 105 Å². The maximum atomic E-state index is 14.1. The van der Waals surface area contributed by atoms with E-state index >= 15 is 0 Å². The van der Waals surface area contributed by atoms with Crippen LogP contribution in [-0.2, 0) is 45.1 Å². The molecular formula is C70H71ClN6O4. The number of piperidine rings is 2. The normalized spacial score (nSPS) is 18.2. The lowest BCUT2D eigenvalue weighted by Gasteiger charge is -2.45. The minimum atomic E-state index is -0.474. The van der Waals surface area contributed by atoms with Crippen molar-refractivity contribution < 1.29 is 19.2 Å². The molecule has 10 nitrogen and oxygen atoms in total. The fourth-order valence-electron chi connectivity index (χ4n) is 12.6. The second kappa shape index (κ2) is 26.0. The van der Waals surface area contributed by atoms with Gasteiger partial charge in [-0.3, -0.25) is 29.8 Å². The Labute approximate surface area is 483 Å². The molecule has 8 aromatic rings. The summed E-state index contributed by atoms with van der Waals surface area (Å²) in [5.41, 5.74) is 7.58. The molecule has 2 spiro atoms. The van der Waals surface area contributed by atoms with Gasteiger partial charge >= 0.3 is 0 Å². The summed E-state index contributed by atoms with van der Waals surface area (Å²) in [7, 11) is 0. The van der Waals surface area contributed by atoms with E-state index in [1.807, 2.05) is 214 Å². The predicted octanol–water partition coefficient (Wildman–Crippen LogP) is 11.2. The van der Waals surface area contributed by atoms with Crippen molar-refractivity contribution in [3.8, 4) is 0 Å². The minimum absolute atomic E-state index is 0. The van der Waals surface area contributed by atoms with Gasteiger partial charge < -0.3 is 19.6 Å². The molecule has 412 valence electrons. The van der Waals surface area contributed by atoms with Gasteiger partial charge in [-0.1, -0.05) is 243 Å². The molecule has 0 aliphatic carbocycles. The Morgan fingerprint density at radius 1 is 0.370 bits per heavy atom. The molecule has 8 aromatic carbocycles. The molecule has 12 rings (SSSR count). The number of likely N-dealkylation sites (tertiary alicyclic amines) is 2. The zero-order valence-corrected chi connectivity index (χ0v) is 46.5. The number of amides is 4. The van der Waals surface area contributed by atoms with Crippen molar-refractivity contribution in [2.75, 3.05) is 26.2 Å². The number of hydrogen-bond acceptors (Lipinski definition) is 6. The van der Waals surface area contributed by atoms with Gasteiger partial charge in [0.2, 0.25) is 23.6 Å². The molecule has 2 atom stereocenters. The van der Waals surface area contributed by atoms with E-state index in [0.717, 1.165) is 44.5 Å². The lowest BCUT2D eigenvalue weighted by Crippen LogP contribution is -2.59. The van der Waals surface area contributed by atoms with Gasteiger partial charge in [0, 0.05) is 65.0 Å². The van der Waals surface area contributed by atoms with E-state index in [9.17, 15) is 19.2 Å². The fourth-order valence-corrected chi connectivity index (χ4v) is 12.6. The smallest absolute Gasteiger partial charge is 0.241 e. The summed E-state index contributed by atoms with van der Waals surface area (Å²) < 4.78 is 0. The summed E-state index contributed by atoms with van der Waals surface area (Å²) in [6.45, 7) is 3.50. The van der Waals surface area contributed by atoms with Crippen molar-refractivity contribution in [3.05, 3.63) is 287 Å². The Hall–Kier alpha value is -8.15. The molecule has 4 amide bonds. The van der Waals surface area contributed by atoms with E-state index in [1.54, 1.807) is 0 Å². The summed E-state index contributed by atoms with van der Waals surface area (Å²) in [5, 5.41) is 7.53. The highest BCUT2D eigenvalue weighted by Gasteiger charge is 2.53. The van der Waals surface area contributed by atoms with E-state index in [4.69, 9.17) is 0 Å². The first-order valence-electron chi connectivity index (χ1n) is 28.4. The van der Waals surface area contributed by atoms with E-state index in [2.05, 4.69) is 59.2 Å². The number of hydrogen-bond donors (Lipinski definition) is 2. The van der Waals surface area contributed by atoms with Gasteiger partial charge in [0.1, 0.15) is 0 Å². The quantitative estimate of drug-likeness (QED) is 0.112. The third kappa shape index (κ3) is 12.7. The van der Waals surface area contributed by atoms with Crippen molar-refractivity contribution in [1.82, 2.24) is 30.2 Å². The van der Waals surface area contributed by atoms with Crippen LogP contribution in [-0.4, -0.2) is 92.8 Å². The second-order valence-corrected chi connectivity index (χ2v) is 21.8. The van der Waals surface area contributed by atoms with Gasteiger partial charge in [-0.05, 0) is 57.3 Å². The molecule has 81 heavy (non-hydrogen) atoms. The van der Waals surface area contributed by atoms with E-state index in [1.165, 1.54) is 0 Å². The number of nitrogens with zero attached hydrogens (tertiary/aromatic N) is 4. The zero-order chi connectivity index (χ0) is 54.7. The molecule has 0 aromatic heterocycles. The molecule has 4 fully saturated rings. The molecule has 0 radical (unpaired) electrons. The second-order valence-electron chi connectivity index (χ2n) is 21.8. The van der Waals surface area contributed by atoms with Crippen molar-refractivity contribution >= 4 is 36.0 Å². The molecule has 0 bridgehead atoms. The number of rotatable bonds is 14. The first kappa shape index (κ1) is 56.1. The Morgan fingerprint density at radius 3 is 0.864 bits per heavy atom. The monoisotopic (exact) mass is 1090 g/mol. The first-order valence-corrected chi connectivity index (χ1v) is 28.4. The summed E-state index contributed by atoms with van der Waals surface area (Å²) in [4.78, 5) is 63.9. The van der Waals surface area contributed by atoms with Crippen LogP contribution in [0.3, 0.4) is 0 Å². The highest BCUT2D eigenvalue weighted by atomic mass is 35.5. The molecule has 4 saturated heterocycles. The Balaban J connectivity index is 0.000000180. The van der Waals surface area contributed by atoms with Gasteiger partial charge in [0.25, 0.3) is 0 Å². The van der Waals surface area contributed by atoms with Crippen LogP contribution in [0.2, 0.25) is 0 Å². The SMILES string of the molecule is Cl.O=C(C(c1ccccc1)c1ccccc1)N1CCC2(CC1)N[C@@H](Cc1ccccc1)C(=O)N2Cc1ccccc1.O=C(C(c1ccccc1)c1ccccc1)N1CCC2(CC1)N[C@@H](Cc1ccccc1)C(=O)N2Cc1ccccc1. The van der Waals surface area contributed by atoms with Crippen LogP contribution < -0.4 is 10.6 Å². The lowest BCUT2D eigenvalue weighted by atomic mass is 9.88. The van der Waals surface area contributed by atoms with Gasteiger partial charge in [0.05, 0.1) is 35.2 Å². The van der Waals surface area contributed by atoms with E-state index < -0.39 is 11.3 Å². The molecular weight excluding hydrogens is 1020 g/mol. The number of carbonyl (C=O) groups is 4. The van der Waals surface area contributed by atoms with E-state index in [-0.39, 0.29) is 60.0 Å². The maximum Gasteiger partial charge on any atom is 0.241 e. The Morgan fingerprint density at radius 2 is 0.605 bits per heavy atom. The largest absolute Gasteiger partial charge is 0.342 e. The lowest BCUT2D eigenvalue weighted by molar-refractivity contribution is -0.139. The van der Waals surface area contributed by atoms with Gasteiger partial charge in [-0.25, -0.2) is 0 Å². The molecule has 2 N–H and O–H groups in total. The fraction of sp³-hybridized carbons (Fsp3) is 0.257. The van der Waals surface area contributed by atoms with Crippen LogP contribution in [0.15, 0.2) is 243 Å². The third-order valence-corrected chi connectivity index (χ3v) is 16.8. The molecule has 4 aliphatic heterocycles. The average Bonchev–Trinajstić information content (AvgIpc) is 4.10. The Bertz CT molecular complexity index is 2990. The van der Waals surface area contributed by atoms with Crippen LogP contribution >= 0.6 is 12.4 Å². The van der Waals surface area contributed by atoms with Gasteiger partial charge in [-0.15, -0.1) is 12.4 Å². The predicted molar refractivity (Wildman–Crippen MR) is 322 cm³/mol. The number of carbonyl (C=O) groups excluding carboxylic acids is 4. The average molecular weight is 1100 g/mol. The van der Waals surface area contributed by atoms with Crippen molar-refractivity contribution in [2.45, 2.75) is 86.9 Å². The molecule has 4 aliphatic rings. The van der Waals surface area contributed by atoms with Gasteiger partial charge in [0.15, 0.2) is 0 Å². The third-order valence-electron chi connectivity index (χ3n) is 16.8. The number of halogens is 1. The van der Waals surface area contributed by atoms with Crippen LogP contribution in [0.1, 0.15) is 82.0 Å². The van der Waals surface area contributed by atoms with Crippen molar-refractivity contribution in [3.63, 3.8) is 0 Å². The van der Waals surface area contributed by atoms with Crippen LogP contribution in [0.5, 0.6) is 0 Å². The standard InChI is InChI=1S/2C35H35N3O2.ClH/c2*39-33-31(25-27-13-5-1-6-14-27)36-35(38(33)26-28-15-7-2-8-16-28)21-23-37(24-22-35)34(40)32(29-17-9-3-10-18-29)30-19-11-4-12-20-30;/h2*1-20,31-32,36H,21-26H2;1H/t2*31-;/m00./s1. The zero-order valence-electron chi connectivity index (χ0n) is 45.7. The molecule has 0 unspecified atom stereocenters. The maximum absolute atomic E-state index is 14.1. The van der Waals surface area contributed by atoms with Crippen LogP contribution in [0.4, 0.5) is 0 Å². The summed E-state index contributed by atoms with van der Waals surface area (Å²) in [5.74, 6) is -0.182. The minimum Gasteiger partial charge on any atom is -0.342 e. The van der Waals surface area contributed by atoms with Crippen LogP contribution in [0.25, 0.3) is 0 Å². The molecule has 4 heterocycles. The van der Waals surface area contributed by atoms with Crippen molar-refractivity contribution in [1.29, 1.82) is 0 Å². The van der Waals surface area contributed by atoms with Crippen molar-refractivity contribution in [2.24, 2.45) is 0 Å². The van der Waals surface area contributed by atoms with E-state index in [0.29, 0.717) is 77.8 Å².